The maximum atomic E-state index is 12.4. The van der Waals surface area contributed by atoms with E-state index in [1.807, 2.05) is 6.08 Å². The summed E-state index contributed by atoms with van der Waals surface area (Å²) in [7, 11) is 0. The highest BCUT2D eigenvalue weighted by Gasteiger charge is 2.18. The second-order valence-corrected chi connectivity index (χ2v) is 17.6. The van der Waals surface area contributed by atoms with Crippen molar-refractivity contribution in [3.05, 3.63) is 24.3 Å². The number of carbonyl (C=O) groups excluding carboxylic acids is 1. The van der Waals surface area contributed by atoms with Crippen molar-refractivity contribution in [3.63, 3.8) is 0 Å². The lowest BCUT2D eigenvalue weighted by Crippen LogP contribution is -2.45. The summed E-state index contributed by atoms with van der Waals surface area (Å²) in [5.74, 6) is -0.0717. The van der Waals surface area contributed by atoms with Crippen molar-refractivity contribution >= 4 is 5.91 Å². The molecule has 0 spiro atoms. The number of nitrogens with one attached hydrogen (secondary N) is 1. The smallest absolute Gasteiger partial charge is 0.220 e. The number of rotatable bonds is 47. The highest BCUT2D eigenvalue weighted by atomic mass is 16.3. The Hall–Kier alpha value is -1.13. The van der Waals surface area contributed by atoms with Crippen LogP contribution in [0.3, 0.4) is 0 Å². The van der Waals surface area contributed by atoms with E-state index in [1.54, 1.807) is 6.08 Å². The van der Waals surface area contributed by atoms with E-state index in [9.17, 15) is 15.0 Å². The molecule has 1 amide bonds. The molecule has 3 N–H and O–H groups in total. The van der Waals surface area contributed by atoms with Crippen LogP contribution in [-0.4, -0.2) is 34.9 Å². The predicted molar refractivity (Wildman–Crippen MR) is 249 cm³/mol. The van der Waals surface area contributed by atoms with Crippen LogP contribution in [0.2, 0.25) is 0 Å². The lowest BCUT2D eigenvalue weighted by atomic mass is 10.0. The van der Waals surface area contributed by atoms with Crippen LogP contribution in [-0.2, 0) is 4.79 Å². The lowest BCUT2D eigenvalue weighted by molar-refractivity contribution is -0.123. The summed E-state index contributed by atoms with van der Waals surface area (Å²) >= 11 is 0. The zero-order valence-corrected chi connectivity index (χ0v) is 38.2. The first kappa shape index (κ1) is 54.9. The second kappa shape index (κ2) is 48.2. The summed E-state index contributed by atoms with van der Waals surface area (Å²) in [5.41, 5.74) is 0. The SMILES string of the molecule is CCCCC/C=C\CCCCCCCC(=O)NC(CO)C(O)/C=C/CCCCCCCCCCCCCCCCCCCCCCCCCCCCCCCC. The van der Waals surface area contributed by atoms with E-state index in [0.717, 1.165) is 38.5 Å². The predicted octanol–water partition coefficient (Wildman–Crippen LogP) is 16.4. The van der Waals surface area contributed by atoms with Crippen LogP contribution in [0.15, 0.2) is 24.3 Å². The highest BCUT2D eigenvalue weighted by molar-refractivity contribution is 5.76. The third-order valence-corrected chi connectivity index (χ3v) is 11.9. The molecular weight excluding hydrogens is 687 g/mol. The van der Waals surface area contributed by atoms with E-state index in [1.165, 1.54) is 225 Å². The largest absolute Gasteiger partial charge is 0.394 e. The molecule has 56 heavy (non-hydrogen) atoms. The summed E-state index contributed by atoms with van der Waals surface area (Å²) in [5, 5.41) is 23.0. The molecule has 0 saturated carbocycles. The van der Waals surface area contributed by atoms with Crippen molar-refractivity contribution in [1.82, 2.24) is 5.32 Å². The van der Waals surface area contributed by atoms with E-state index < -0.39 is 12.1 Å². The third kappa shape index (κ3) is 44.0. The van der Waals surface area contributed by atoms with Gasteiger partial charge in [0.05, 0.1) is 18.8 Å². The van der Waals surface area contributed by atoms with Gasteiger partial charge in [-0.2, -0.15) is 0 Å². The molecule has 0 fully saturated rings. The van der Waals surface area contributed by atoms with Gasteiger partial charge in [-0.05, 0) is 44.9 Å². The van der Waals surface area contributed by atoms with Crippen LogP contribution in [0.5, 0.6) is 0 Å². The Balaban J connectivity index is 3.42. The molecule has 4 heteroatoms. The summed E-state index contributed by atoms with van der Waals surface area (Å²) in [6.45, 7) is 4.30. The van der Waals surface area contributed by atoms with Gasteiger partial charge in [0.15, 0.2) is 0 Å². The second-order valence-electron chi connectivity index (χ2n) is 17.6. The fourth-order valence-electron chi connectivity index (χ4n) is 8.00. The van der Waals surface area contributed by atoms with Crippen LogP contribution >= 0.6 is 0 Å². The van der Waals surface area contributed by atoms with E-state index in [-0.39, 0.29) is 12.5 Å². The van der Waals surface area contributed by atoms with Gasteiger partial charge in [0.25, 0.3) is 0 Å². The van der Waals surface area contributed by atoms with Gasteiger partial charge >= 0.3 is 0 Å². The topological polar surface area (TPSA) is 69.6 Å². The molecule has 0 aliphatic rings. The normalized spacial score (nSPS) is 13.0. The number of hydrogen-bond acceptors (Lipinski definition) is 3. The van der Waals surface area contributed by atoms with Gasteiger partial charge in [0.1, 0.15) is 0 Å². The minimum absolute atomic E-state index is 0.0717. The minimum Gasteiger partial charge on any atom is -0.394 e. The molecule has 0 aliphatic carbocycles. The minimum atomic E-state index is -0.840. The monoisotopic (exact) mass is 788 g/mol. The first-order valence-corrected chi connectivity index (χ1v) is 25.6. The zero-order valence-electron chi connectivity index (χ0n) is 38.2. The number of amides is 1. The molecule has 0 aromatic carbocycles. The first-order chi connectivity index (χ1) is 27.7. The number of unbranched alkanes of at least 4 members (excludes halogenated alkanes) is 38. The van der Waals surface area contributed by atoms with E-state index in [0.29, 0.717) is 6.42 Å². The Morgan fingerprint density at radius 3 is 1.02 bits per heavy atom. The first-order valence-electron chi connectivity index (χ1n) is 25.6. The molecule has 0 heterocycles. The van der Waals surface area contributed by atoms with E-state index in [2.05, 4.69) is 31.3 Å². The Bertz CT molecular complexity index is 810. The molecule has 0 radical (unpaired) electrons. The van der Waals surface area contributed by atoms with Gasteiger partial charge in [-0.1, -0.05) is 256 Å². The Labute approximate surface area is 351 Å². The van der Waals surface area contributed by atoms with Crippen molar-refractivity contribution in [2.24, 2.45) is 0 Å². The molecule has 2 atom stereocenters. The molecule has 2 unspecified atom stereocenters. The molecular formula is C52H101NO3. The molecule has 0 aromatic heterocycles. The lowest BCUT2D eigenvalue weighted by Gasteiger charge is -2.20. The van der Waals surface area contributed by atoms with Gasteiger partial charge in [-0.25, -0.2) is 0 Å². The Morgan fingerprint density at radius 1 is 0.411 bits per heavy atom. The molecule has 0 saturated heterocycles. The quantitative estimate of drug-likeness (QED) is 0.0425. The van der Waals surface area contributed by atoms with Gasteiger partial charge in [0, 0.05) is 6.42 Å². The van der Waals surface area contributed by atoms with E-state index >= 15 is 0 Å². The van der Waals surface area contributed by atoms with Crippen LogP contribution in [0, 0.1) is 0 Å². The van der Waals surface area contributed by atoms with Crippen LogP contribution in [0.25, 0.3) is 0 Å². The number of hydrogen-bond donors (Lipinski definition) is 3. The van der Waals surface area contributed by atoms with E-state index in [4.69, 9.17) is 0 Å². The third-order valence-electron chi connectivity index (χ3n) is 11.9. The van der Waals surface area contributed by atoms with Crippen molar-refractivity contribution < 1.29 is 15.0 Å². The summed E-state index contributed by atoms with van der Waals surface area (Å²) in [6.07, 6.45) is 63.3. The maximum Gasteiger partial charge on any atom is 0.220 e. The number of aliphatic hydroxyl groups excluding tert-OH is 2. The fourth-order valence-corrected chi connectivity index (χ4v) is 8.00. The molecule has 4 nitrogen and oxygen atoms in total. The van der Waals surface area contributed by atoms with Crippen molar-refractivity contribution in [1.29, 1.82) is 0 Å². The fraction of sp³-hybridized carbons (Fsp3) is 0.904. The summed E-state index contributed by atoms with van der Waals surface area (Å²) in [6, 6.07) is -0.624. The van der Waals surface area contributed by atoms with Crippen molar-refractivity contribution in [2.75, 3.05) is 6.61 Å². The number of aliphatic hydroxyl groups is 2. The number of allylic oxidation sites excluding steroid dienone is 3. The molecule has 332 valence electrons. The van der Waals surface area contributed by atoms with Gasteiger partial charge in [-0.15, -0.1) is 0 Å². The molecule has 0 rings (SSSR count). The summed E-state index contributed by atoms with van der Waals surface area (Å²) in [4.78, 5) is 12.4. The van der Waals surface area contributed by atoms with Crippen molar-refractivity contribution in [2.45, 2.75) is 296 Å². The average Bonchev–Trinajstić information content (AvgIpc) is 3.20. The zero-order chi connectivity index (χ0) is 40.7. The molecule has 0 aliphatic heterocycles. The molecule has 0 aromatic rings. The molecule has 0 bridgehead atoms. The highest BCUT2D eigenvalue weighted by Crippen LogP contribution is 2.17. The van der Waals surface area contributed by atoms with Crippen LogP contribution in [0.4, 0.5) is 0 Å². The van der Waals surface area contributed by atoms with Crippen LogP contribution < -0.4 is 5.32 Å². The Kier molecular flexibility index (Phi) is 47.3. The maximum absolute atomic E-state index is 12.4. The van der Waals surface area contributed by atoms with Gasteiger partial charge in [-0.3, -0.25) is 4.79 Å². The average molecular weight is 788 g/mol. The van der Waals surface area contributed by atoms with Gasteiger partial charge in [0.2, 0.25) is 5.91 Å². The number of carbonyl (C=O) groups is 1. The van der Waals surface area contributed by atoms with Crippen LogP contribution in [0.1, 0.15) is 284 Å². The Morgan fingerprint density at radius 2 is 0.679 bits per heavy atom. The standard InChI is InChI=1S/C52H101NO3/c1-3-5-7-9-11-13-15-17-18-19-20-21-22-23-24-25-26-27-28-29-30-31-32-33-34-35-36-37-39-41-43-45-47-51(55)50(49-54)53-52(56)48-46-44-42-40-38-16-14-12-10-8-6-4-2/h12,14,45,47,50-51,54-55H,3-11,13,15-44,46,48-49H2,1-2H3,(H,53,56)/b14-12-,47-45+. The van der Waals surface area contributed by atoms with Crippen molar-refractivity contribution in [3.8, 4) is 0 Å². The van der Waals surface area contributed by atoms with Gasteiger partial charge < -0.3 is 15.5 Å². The summed E-state index contributed by atoms with van der Waals surface area (Å²) < 4.78 is 0.